The molecule has 0 bridgehead atoms. The fraction of sp³-hybridized carbons (Fsp3) is 0.571. The van der Waals surface area contributed by atoms with Crippen molar-refractivity contribution in [1.29, 1.82) is 0 Å². The number of aromatic nitrogens is 2. The number of aliphatic hydroxyl groups is 1. The van der Waals surface area contributed by atoms with Crippen LogP contribution < -0.4 is 11.1 Å². The molecular formula is C35H42F2N4O6S. The Kier molecular flexibility index (Phi) is 8.63. The number of hydrogen-bond donors (Lipinski definition) is 3. The average Bonchev–Trinajstić information content (AvgIpc) is 3.58. The van der Waals surface area contributed by atoms with Crippen LogP contribution in [0.5, 0.6) is 0 Å². The second-order valence-corrected chi connectivity index (χ2v) is 15.1. The smallest absolute Gasteiger partial charge is 0.306 e. The van der Waals surface area contributed by atoms with Crippen molar-refractivity contribution in [2.75, 3.05) is 6.01 Å². The van der Waals surface area contributed by atoms with Crippen molar-refractivity contribution in [3.63, 3.8) is 0 Å². The Morgan fingerprint density at radius 2 is 1.98 bits per heavy atom. The quantitative estimate of drug-likeness (QED) is 0.341. The Morgan fingerprint density at radius 1 is 1.23 bits per heavy atom. The Labute approximate surface area is 282 Å². The highest BCUT2D eigenvalue weighted by Crippen LogP contribution is 2.71. The molecule has 0 radical (unpaired) electrons. The number of esters is 1. The van der Waals surface area contributed by atoms with Gasteiger partial charge in [0.1, 0.15) is 17.7 Å². The summed E-state index contributed by atoms with van der Waals surface area (Å²) in [6.45, 7) is 6.77. The maximum Gasteiger partial charge on any atom is 0.306 e. The third-order valence-electron chi connectivity index (χ3n) is 11.9. The van der Waals surface area contributed by atoms with Gasteiger partial charge in [-0.2, -0.15) is 5.10 Å². The van der Waals surface area contributed by atoms with Gasteiger partial charge in [-0.05, 0) is 93.0 Å². The van der Waals surface area contributed by atoms with Gasteiger partial charge in [-0.25, -0.2) is 13.5 Å². The first-order valence-electron chi connectivity index (χ1n) is 16.5. The minimum atomic E-state index is -2.06. The molecule has 3 fully saturated rings. The fourth-order valence-electron chi connectivity index (χ4n) is 9.36. The zero-order valence-corrected chi connectivity index (χ0v) is 28.4. The van der Waals surface area contributed by atoms with E-state index in [1.807, 2.05) is 13.0 Å². The lowest BCUT2D eigenvalue weighted by atomic mass is 9.44. The molecule has 0 aliphatic heterocycles. The second kappa shape index (κ2) is 12.1. The molecule has 1 heterocycles. The number of amides is 2. The highest BCUT2D eigenvalue weighted by molar-refractivity contribution is 8.13. The number of benzene rings is 1. The summed E-state index contributed by atoms with van der Waals surface area (Å²) < 4.78 is 39.2. The Hall–Kier alpha value is -3.58. The molecule has 2 amide bonds. The number of primary amides is 1. The molecule has 8 atom stereocenters. The number of rotatable bonds is 8. The van der Waals surface area contributed by atoms with Crippen LogP contribution in [0, 0.1) is 22.7 Å². The van der Waals surface area contributed by atoms with Gasteiger partial charge in [0.25, 0.3) is 5.91 Å². The molecule has 3 saturated carbocycles. The van der Waals surface area contributed by atoms with E-state index in [1.165, 1.54) is 6.92 Å². The Balaban J connectivity index is 1.34. The molecule has 0 spiro atoms. The van der Waals surface area contributed by atoms with E-state index in [0.717, 1.165) is 16.8 Å². The van der Waals surface area contributed by atoms with Crippen LogP contribution in [0.1, 0.15) is 87.8 Å². The first-order chi connectivity index (χ1) is 22.7. The number of nitrogens with two attached hydrogens (primary N) is 1. The monoisotopic (exact) mass is 684 g/mol. The zero-order chi connectivity index (χ0) is 34.8. The first-order valence-corrected chi connectivity index (χ1v) is 17.5. The summed E-state index contributed by atoms with van der Waals surface area (Å²) in [5.74, 6) is -2.71. The first kappa shape index (κ1) is 34.3. The minimum absolute atomic E-state index is 0.0311. The van der Waals surface area contributed by atoms with Gasteiger partial charge in [0.05, 0.1) is 23.7 Å². The number of thioether (sulfide) groups is 1. The zero-order valence-electron chi connectivity index (χ0n) is 27.6. The number of ether oxygens (including phenoxy) is 1. The summed E-state index contributed by atoms with van der Waals surface area (Å²) in [6.07, 6.45) is 3.85. The predicted octanol–water partition coefficient (Wildman–Crippen LogP) is 4.60. The third-order valence-corrected chi connectivity index (χ3v) is 12.6. The Morgan fingerprint density at radius 3 is 2.67 bits per heavy atom. The Bertz CT molecular complexity index is 1710. The number of carbonyl (C=O) groups is 4. The van der Waals surface area contributed by atoms with Crippen molar-refractivity contribution in [1.82, 2.24) is 15.1 Å². The summed E-state index contributed by atoms with van der Waals surface area (Å²) in [6, 6.07) is 4.96. The number of aliphatic hydroxyl groups excluding tert-OH is 1. The third kappa shape index (κ3) is 4.86. The van der Waals surface area contributed by atoms with Crippen LogP contribution in [0.2, 0.25) is 0 Å². The molecular weight excluding hydrogens is 642 g/mol. The van der Waals surface area contributed by atoms with Gasteiger partial charge in [0, 0.05) is 28.7 Å². The molecule has 4 N–H and O–H groups in total. The van der Waals surface area contributed by atoms with E-state index in [-0.39, 0.29) is 31.6 Å². The molecule has 48 heavy (non-hydrogen) atoms. The molecule has 6 rings (SSSR count). The topological polar surface area (TPSA) is 154 Å². The van der Waals surface area contributed by atoms with E-state index in [1.54, 1.807) is 49.0 Å². The highest BCUT2D eigenvalue weighted by Gasteiger charge is 2.76. The average molecular weight is 685 g/mol. The summed E-state index contributed by atoms with van der Waals surface area (Å²) in [7, 11) is 0. The number of alkyl halides is 2. The normalized spacial score (nSPS) is 34.1. The van der Waals surface area contributed by atoms with Crippen LogP contribution in [0.25, 0.3) is 11.8 Å². The lowest BCUT2D eigenvalue weighted by Crippen LogP contribution is -2.70. The number of fused-ring (bicyclic) bond motifs is 6. The van der Waals surface area contributed by atoms with Gasteiger partial charge in [0.2, 0.25) is 11.0 Å². The van der Waals surface area contributed by atoms with Crippen LogP contribution in [0.4, 0.5) is 8.78 Å². The van der Waals surface area contributed by atoms with E-state index in [4.69, 9.17) is 10.5 Å². The van der Waals surface area contributed by atoms with E-state index in [9.17, 15) is 28.7 Å². The van der Waals surface area contributed by atoms with E-state index >= 15 is 4.39 Å². The number of nitrogens with zero attached hydrogens (tertiary/aromatic N) is 2. The second-order valence-electron chi connectivity index (χ2n) is 14.2. The molecule has 0 saturated heterocycles. The van der Waals surface area contributed by atoms with Gasteiger partial charge in [0.15, 0.2) is 5.60 Å². The summed E-state index contributed by atoms with van der Waals surface area (Å²) >= 11 is 0.463. The lowest BCUT2D eigenvalue weighted by molar-refractivity contribution is -0.228. The highest BCUT2D eigenvalue weighted by atomic mass is 32.2. The van der Waals surface area contributed by atoms with Crippen LogP contribution in [0.3, 0.4) is 0 Å². The van der Waals surface area contributed by atoms with E-state index < -0.39 is 69.1 Å². The molecule has 1 aromatic heterocycles. The number of carbonyl (C=O) groups excluding carboxylic acids is 4. The minimum Gasteiger partial charge on any atom is -0.449 e. The SMILES string of the molecule is CCC(=O)O[C@]1(C(=O)SCF)CC[C@H]2[C@@H]3CCC4=Cc5c(cnn5-c5cccc(C(=O)N[C@@H](C)C(N)=O)c5)C[C@]4(C)[C@@]3(F)C(O)C[C@@]21C. The van der Waals surface area contributed by atoms with Crippen LogP contribution in [-0.2, 0) is 25.5 Å². The molecule has 13 heteroatoms. The van der Waals surface area contributed by atoms with Crippen molar-refractivity contribution < 1.29 is 37.8 Å². The van der Waals surface area contributed by atoms with Crippen molar-refractivity contribution in [3.05, 3.63) is 52.9 Å². The van der Waals surface area contributed by atoms with Crippen LogP contribution in [0.15, 0.2) is 36.0 Å². The molecule has 4 aliphatic rings. The van der Waals surface area contributed by atoms with Crippen molar-refractivity contribution in [3.8, 4) is 5.69 Å². The molecule has 1 unspecified atom stereocenters. The summed E-state index contributed by atoms with van der Waals surface area (Å²) in [5, 5.41) is 18.5. The molecule has 2 aromatic rings. The number of allylic oxidation sites excluding steroid dienone is 1. The van der Waals surface area contributed by atoms with Crippen molar-refractivity contribution >= 4 is 40.7 Å². The van der Waals surface area contributed by atoms with Crippen LogP contribution in [-0.4, -0.2) is 67.2 Å². The molecule has 258 valence electrons. The van der Waals surface area contributed by atoms with Gasteiger partial charge in [-0.1, -0.05) is 32.4 Å². The predicted molar refractivity (Wildman–Crippen MR) is 175 cm³/mol. The fourth-order valence-corrected chi connectivity index (χ4v) is 10.1. The van der Waals surface area contributed by atoms with Crippen molar-refractivity contribution in [2.24, 2.45) is 28.4 Å². The molecule has 1 aromatic carbocycles. The van der Waals surface area contributed by atoms with E-state index in [2.05, 4.69) is 10.4 Å². The number of nitrogens with one attached hydrogen (secondary N) is 1. The summed E-state index contributed by atoms with van der Waals surface area (Å²) in [4.78, 5) is 50.4. The van der Waals surface area contributed by atoms with Gasteiger partial charge in [-0.15, -0.1) is 0 Å². The van der Waals surface area contributed by atoms with Crippen molar-refractivity contribution in [2.45, 2.75) is 96.1 Å². The maximum absolute atomic E-state index is 18.1. The molecule has 4 aliphatic carbocycles. The van der Waals surface area contributed by atoms with Gasteiger partial charge in [-0.3, -0.25) is 19.2 Å². The largest absolute Gasteiger partial charge is 0.449 e. The number of halogens is 2. The summed E-state index contributed by atoms with van der Waals surface area (Å²) in [5.41, 5.74) is 2.72. The van der Waals surface area contributed by atoms with Crippen LogP contribution >= 0.6 is 11.8 Å². The number of hydrogen-bond acceptors (Lipinski definition) is 8. The lowest BCUT2D eigenvalue weighted by Gasteiger charge is -2.63. The van der Waals surface area contributed by atoms with Gasteiger partial charge >= 0.3 is 5.97 Å². The maximum atomic E-state index is 18.1. The standard InChI is InChI=1S/C35H42F2N4O6S/c1-5-28(43)47-34(31(46)48-18-36)12-11-24-25-10-9-22-14-26-21(15-32(22,3)35(25,37)27(42)16-33(24,34)4)17-39-41(26)23-8-6-7-20(13-23)30(45)40-19(2)29(38)44/h6-8,13-14,17,19,24-25,27,42H,5,9-12,15-16,18H2,1-4H3,(H2,38,44)(H,40,45)/t19-,24-,25-,27?,32-,33-,34-,35-/m0/s1. The van der Waals surface area contributed by atoms with E-state index in [0.29, 0.717) is 42.3 Å². The van der Waals surface area contributed by atoms with Gasteiger partial charge < -0.3 is 20.9 Å². The molecule has 10 nitrogen and oxygen atoms in total.